The van der Waals surface area contributed by atoms with Crippen LogP contribution in [0.25, 0.3) is 16.7 Å². The molecule has 4 atom stereocenters. The van der Waals surface area contributed by atoms with Gasteiger partial charge in [0.2, 0.25) is 5.89 Å². The third-order valence-corrected chi connectivity index (χ3v) is 9.89. The molecule has 3 heterocycles. The van der Waals surface area contributed by atoms with Gasteiger partial charge in [-0.1, -0.05) is 35.4 Å². The van der Waals surface area contributed by atoms with Gasteiger partial charge in [0.05, 0.1) is 30.3 Å². The lowest BCUT2D eigenvalue weighted by molar-refractivity contribution is -0.138. The zero-order valence-corrected chi connectivity index (χ0v) is 27.8. The second kappa shape index (κ2) is 12.7. The molecule has 2 saturated heterocycles. The standard InChI is InChI=1S/C37H30F7N3O5/c1-17-10-20(13-22(11-17)37(42,43)44)32-30-9-8-29(47(30)35(49)51-32)26-14-21(36(39,40)41)5-7-24(26)27-15-25(28(38)16-31(27)50-3)23-6-4-19(12-18(23)2)33-45-46-34(48)52-33/h4-5,7,10-16,23,29-30,32H,6,8-9H2,1-3H3,(H,46,48)/t23?,29-,30?,32+/m0/s1. The van der Waals surface area contributed by atoms with Crippen molar-refractivity contribution in [3.05, 3.63) is 122 Å². The highest BCUT2D eigenvalue weighted by atomic mass is 19.4. The van der Waals surface area contributed by atoms with Crippen molar-refractivity contribution in [2.45, 2.75) is 69.6 Å². The number of nitrogens with one attached hydrogen (secondary N) is 1. The summed E-state index contributed by atoms with van der Waals surface area (Å²) in [6, 6.07) is 7.42. The fraction of sp³-hybridized carbons (Fsp3) is 0.324. The van der Waals surface area contributed by atoms with Crippen molar-refractivity contribution >= 4 is 11.7 Å². The molecule has 8 nitrogen and oxygen atoms in total. The second-order valence-corrected chi connectivity index (χ2v) is 13.1. The van der Waals surface area contributed by atoms with E-state index in [0.29, 0.717) is 16.7 Å². The molecule has 1 aromatic heterocycles. The zero-order chi connectivity index (χ0) is 37.3. The molecule has 2 fully saturated rings. The molecule has 0 saturated carbocycles. The van der Waals surface area contributed by atoms with Crippen molar-refractivity contribution in [2.75, 3.05) is 7.11 Å². The van der Waals surface area contributed by atoms with Crippen LogP contribution in [0.2, 0.25) is 0 Å². The number of aromatic amines is 1. The first kappa shape index (κ1) is 35.1. The van der Waals surface area contributed by atoms with Gasteiger partial charge in [-0.3, -0.25) is 4.90 Å². The second-order valence-electron chi connectivity index (χ2n) is 13.1. The Morgan fingerprint density at radius 3 is 2.31 bits per heavy atom. The van der Waals surface area contributed by atoms with E-state index >= 15 is 4.39 Å². The van der Waals surface area contributed by atoms with Crippen LogP contribution < -0.4 is 10.5 Å². The van der Waals surface area contributed by atoms with Gasteiger partial charge in [-0.15, -0.1) is 5.10 Å². The predicted octanol–water partition coefficient (Wildman–Crippen LogP) is 9.44. The number of ether oxygens (including phenoxy) is 2. The summed E-state index contributed by atoms with van der Waals surface area (Å²) >= 11 is 0. The Morgan fingerprint density at radius 1 is 0.904 bits per heavy atom. The van der Waals surface area contributed by atoms with Gasteiger partial charge in [-0.2, -0.15) is 26.3 Å². The van der Waals surface area contributed by atoms with E-state index in [0.717, 1.165) is 30.3 Å². The molecule has 15 heteroatoms. The maximum Gasteiger partial charge on any atom is 0.434 e. The van der Waals surface area contributed by atoms with E-state index < -0.39 is 65.3 Å². The number of aryl methyl sites for hydroxylation is 1. The van der Waals surface area contributed by atoms with Crippen molar-refractivity contribution in [3.63, 3.8) is 0 Å². The number of hydrogen-bond acceptors (Lipinski definition) is 6. The molecule has 3 aliphatic rings. The Hall–Kier alpha value is -5.34. The Morgan fingerprint density at radius 2 is 1.65 bits per heavy atom. The van der Waals surface area contributed by atoms with E-state index in [9.17, 15) is 35.9 Å². The molecule has 3 aromatic carbocycles. The lowest BCUT2D eigenvalue weighted by Crippen LogP contribution is -2.31. The van der Waals surface area contributed by atoms with Gasteiger partial charge in [0, 0.05) is 23.1 Å². The molecule has 52 heavy (non-hydrogen) atoms. The van der Waals surface area contributed by atoms with Crippen LogP contribution in [0.15, 0.2) is 75.5 Å². The normalized spacial score (nSPS) is 21.9. The molecule has 7 rings (SSSR count). The number of rotatable bonds is 6. The van der Waals surface area contributed by atoms with Crippen molar-refractivity contribution in [3.8, 4) is 16.9 Å². The number of benzene rings is 3. The first-order valence-electron chi connectivity index (χ1n) is 16.2. The Kier molecular flexibility index (Phi) is 8.57. The quantitative estimate of drug-likeness (QED) is 0.199. The fourth-order valence-corrected chi connectivity index (χ4v) is 7.57. The van der Waals surface area contributed by atoms with Gasteiger partial charge in [-0.05, 0) is 85.7 Å². The van der Waals surface area contributed by atoms with Gasteiger partial charge in [-0.25, -0.2) is 19.1 Å². The van der Waals surface area contributed by atoms with Crippen LogP contribution in [0.5, 0.6) is 5.75 Å². The summed E-state index contributed by atoms with van der Waals surface area (Å²) in [5, 5.41) is 6.02. The molecule has 1 amide bonds. The molecular formula is C37H30F7N3O5. The van der Waals surface area contributed by atoms with Crippen LogP contribution in [0.4, 0.5) is 35.5 Å². The number of amides is 1. The Balaban J connectivity index is 1.30. The van der Waals surface area contributed by atoms with Gasteiger partial charge < -0.3 is 13.9 Å². The summed E-state index contributed by atoms with van der Waals surface area (Å²) in [6.07, 6.45) is -7.26. The number of aromatic nitrogens is 2. The van der Waals surface area contributed by atoms with Crippen LogP contribution in [-0.4, -0.2) is 34.3 Å². The average Bonchev–Trinajstić information content (AvgIpc) is 3.80. The number of methoxy groups -OCH3 is 1. The smallest absolute Gasteiger partial charge is 0.434 e. The number of carbonyl (C=O) groups is 1. The number of halogens is 7. The van der Waals surface area contributed by atoms with E-state index in [1.54, 1.807) is 19.1 Å². The molecule has 2 aliphatic heterocycles. The SMILES string of the molecule is COc1cc(F)c(C2CC=C(c3n[nH]c(=O)o3)C=C2C)cc1-c1ccc(C(F)(F)F)cc1[C@@H]1CCC2[C@@H](c3cc(C)cc(C(F)(F)F)c3)OC(=O)N21. The number of nitrogens with zero attached hydrogens (tertiary/aromatic N) is 2. The number of H-pyrrole nitrogens is 1. The van der Waals surface area contributed by atoms with E-state index in [4.69, 9.17) is 13.9 Å². The fourth-order valence-electron chi connectivity index (χ4n) is 7.57. The maximum atomic E-state index is 15.8. The number of hydrogen-bond donors (Lipinski definition) is 1. The monoisotopic (exact) mass is 729 g/mol. The highest BCUT2D eigenvalue weighted by Gasteiger charge is 2.51. The molecule has 1 N–H and O–H groups in total. The van der Waals surface area contributed by atoms with E-state index in [1.165, 1.54) is 37.1 Å². The minimum Gasteiger partial charge on any atom is -0.496 e. The molecule has 272 valence electrons. The maximum absolute atomic E-state index is 15.8. The van der Waals surface area contributed by atoms with Crippen LogP contribution >= 0.6 is 0 Å². The largest absolute Gasteiger partial charge is 0.496 e. The minimum absolute atomic E-state index is 0.0325. The van der Waals surface area contributed by atoms with Crippen molar-refractivity contribution in [1.29, 1.82) is 0 Å². The topological polar surface area (TPSA) is 97.7 Å². The van der Waals surface area contributed by atoms with Gasteiger partial charge in [0.1, 0.15) is 17.7 Å². The predicted molar refractivity (Wildman–Crippen MR) is 173 cm³/mol. The summed E-state index contributed by atoms with van der Waals surface area (Å²) in [5.41, 5.74) is 0.575. The summed E-state index contributed by atoms with van der Waals surface area (Å²) < 4.78 is 116. The molecule has 2 unspecified atom stereocenters. The molecular weight excluding hydrogens is 699 g/mol. The number of fused-ring (bicyclic) bond motifs is 1. The number of cyclic esters (lactones) is 1. The Labute approximate surface area is 291 Å². The first-order chi connectivity index (χ1) is 24.5. The first-order valence-corrected chi connectivity index (χ1v) is 16.2. The van der Waals surface area contributed by atoms with Gasteiger partial charge in [0.25, 0.3) is 0 Å². The summed E-state index contributed by atoms with van der Waals surface area (Å²) in [6.45, 7) is 3.25. The molecule has 0 spiro atoms. The van der Waals surface area contributed by atoms with Crippen LogP contribution in [0, 0.1) is 12.7 Å². The Bertz CT molecular complexity index is 2200. The highest BCUT2D eigenvalue weighted by molar-refractivity contribution is 5.79. The van der Waals surface area contributed by atoms with E-state index in [-0.39, 0.29) is 58.7 Å². The minimum atomic E-state index is -4.76. The van der Waals surface area contributed by atoms with Crippen molar-refractivity contribution < 1.29 is 49.4 Å². The summed E-state index contributed by atoms with van der Waals surface area (Å²) in [5.74, 6) is -1.78. The van der Waals surface area contributed by atoms with Gasteiger partial charge >= 0.3 is 24.2 Å². The van der Waals surface area contributed by atoms with Crippen LogP contribution in [0.3, 0.4) is 0 Å². The third kappa shape index (κ3) is 6.26. The summed E-state index contributed by atoms with van der Waals surface area (Å²) in [7, 11) is 1.30. The average molecular weight is 730 g/mol. The van der Waals surface area contributed by atoms with Gasteiger partial charge in [0.15, 0.2) is 0 Å². The van der Waals surface area contributed by atoms with Crippen LogP contribution in [0.1, 0.15) is 83.5 Å². The molecule has 4 aromatic rings. The zero-order valence-electron chi connectivity index (χ0n) is 27.8. The van der Waals surface area contributed by atoms with Crippen molar-refractivity contribution in [2.24, 2.45) is 0 Å². The lowest BCUT2D eigenvalue weighted by atomic mass is 9.82. The third-order valence-electron chi connectivity index (χ3n) is 9.89. The number of allylic oxidation sites excluding steroid dienone is 4. The number of alkyl halides is 6. The lowest BCUT2D eigenvalue weighted by Gasteiger charge is -2.27. The highest BCUT2D eigenvalue weighted by Crippen LogP contribution is 2.52. The molecule has 1 aliphatic carbocycles. The number of carbonyl (C=O) groups excluding carboxylic acids is 1. The van der Waals surface area contributed by atoms with E-state index in [2.05, 4.69) is 10.2 Å². The van der Waals surface area contributed by atoms with Crippen LogP contribution in [-0.2, 0) is 17.1 Å². The molecule has 0 bridgehead atoms. The molecule has 0 radical (unpaired) electrons. The van der Waals surface area contributed by atoms with E-state index in [1.807, 2.05) is 0 Å². The summed E-state index contributed by atoms with van der Waals surface area (Å²) in [4.78, 5) is 26.2. The van der Waals surface area contributed by atoms with Crippen molar-refractivity contribution in [1.82, 2.24) is 15.1 Å².